The number of H-pyrrole nitrogens is 1. The average molecular weight is 254 g/mol. The van der Waals surface area contributed by atoms with Crippen molar-refractivity contribution in [3.8, 4) is 0 Å². The molecule has 0 bridgehead atoms. The normalized spacial score (nSPS) is 11.0. The number of carboxylic acid groups (broad SMARTS) is 1. The summed E-state index contributed by atoms with van der Waals surface area (Å²) in [5.41, 5.74) is 0.823. The van der Waals surface area contributed by atoms with E-state index in [0.29, 0.717) is 36.1 Å². The number of fused-ring (bicyclic) bond motifs is 1. The number of halogens is 2. The van der Waals surface area contributed by atoms with E-state index in [1.165, 1.54) is 0 Å². The zero-order valence-electron chi connectivity index (χ0n) is 9.54. The Hall–Kier alpha value is -1.98. The lowest BCUT2D eigenvalue weighted by Gasteiger charge is -1.95. The first-order valence-electron chi connectivity index (χ1n) is 5.61. The van der Waals surface area contributed by atoms with Gasteiger partial charge in [-0.15, -0.1) is 0 Å². The van der Waals surface area contributed by atoms with Crippen LogP contribution >= 0.6 is 0 Å². The van der Waals surface area contributed by atoms with Gasteiger partial charge in [0.1, 0.15) is 5.82 Å². The molecule has 0 radical (unpaired) electrons. The number of hydrogen-bond acceptors (Lipinski definition) is 2. The van der Waals surface area contributed by atoms with Crippen LogP contribution in [-0.2, 0) is 11.2 Å². The molecular weight excluding hydrogens is 242 g/mol. The van der Waals surface area contributed by atoms with E-state index in [-0.39, 0.29) is 6.42 Å². The van der Waals surface area contributed by atoms with Crippen molar-refractivity contribution in [3.05, 3.63) is 29.6 Å². The number of benzene rings is 1. The molecular formula is C12H12F2N2O2. The molecule has 2 rings (SSSR count). The number of imidazole rings is 1. The van der Waals surface area contributed by atoms with Crippen molar-refractivity contribution < 1.29 is 18.7 Å². The van der Waals surface area contributed by atoms with Crippen molar-refractivity contribution in [2.45, 2.75) is 25.7 Å². The van der Waals surface area contributed by atoms with Crippen molar-refractivity contribution in [2.24, 2.45) is 0 Å². The third kappa shape index (κ3) is 2.82. The lowest BCUT2D eigenvalue weighted by molar-refractivity contribution is -0.137. The Kier molecular flexibility index (Phi) is 3.55. The van der Waals surface area contributed by atoms with Crippen LogP contribution in [0.5, 0.6) is 0 Å². The van der Waals surface area contributed by atoms with Crippen LogP contribution < -0.4 is 0 Å². The Morgan fingerprint density at radius 1 is 1.28 bits per heavy atom. The molecule has 1 heterocycles. The molecule has 0 aliphatic rings. The smallest absolute Gasteiger partial charge is 0.303 e. The topological polar surface area (TPSA) is 66.0 Å². The number of aromatic amines is 1. The van der Waals surface area contributed by atoms with Crippen LogP contribution in [0.3, 0.4) is 0 Å². The van der Waals surface area contributed by atoms with E-state index in [4.69, 9.17) is 5.11 Å². The van der Waals surface area contributed by atoms with Crippen LogP contribution in [0, 0.1) is 11.6 Å². The van der Waals surface area contributed by atoms with E-state index in [1.807, 2.05) is 0 Å². The van der Waals surface area contributed by atoms with Crippen LogP contribution in [0.15, 0.2) is 12.1 Å². The molecule has 2 N–H and O–H groups in total. The number of aryl methyl sites for hydroxylation is 1. The highest BCUT2D eigenvalue weighted by molar-refractivity contribution is 5.75. The minimum atomic E-state index is -0.925. The Balaban J connectivity index is 2.04. The molecule has 0 fully saturated rings. The number of carboxylic acids is 1. The van der Waals surface area contributed by atoms with E-state index in [9.17, 15) is 13.6 Å². The minimum absolute atomic E-state index is 0.115. The second-order valence-corrected chi connectivity index (χ2v) is 4.07. The lowest BCUT2D eigenvalue weighted by atomic mass is 10.2. The third-order valence-corrected chi connectivity index (χ3v) is 2.63. The lowest BCUT2D eigenvalue weighted by Crippen LogP contribution is -1.95. The van der Waals surface area contributed by atoms with E-state index in [1.54, 1.807) is 0 Å². The maximum absolute atomic E-state index is 13.0. The van der Waals surface area contributed by atoms with Crippen molar-refractivity contribution in [1.29, 1.82) is 0 Å². The van der Waals surface area contributed by atoms with Gasteiger partial charge in [0, 0.05) is 25.0 Å². The number of carbonyl (C=O) groups is 1. The molecule has 0 spiro atoms. The van der Waals surface area contributed by atoms with Crippen LogP contribution in [0.2, 0.25) is 0 Å². The predicted octanol–water partition coefficient (Wildman–Crippen LogP) is 2.64. The first-order valence-corrected chi connectivity index (χ1v) is 5.61. The second kappa shape index (κ2) is 5.12. The summed E-state index contributed by atoms with van der Waals surface area (Å²) in [6.07, 6.45) is 1.89. The van der Waals surface area contributed by atoms with Gasteiger partial charge in [-0.3, -0.25) is 4.79 Å². The van der Waals surface area contributed by atoms with Gasteiger partial charge < -0.3 is 10.1 Å². The molecule has 0 atom stereocenters. The largest absolute Gasteiger partial charge is 0.481 e. The summed E-state index contributed by atoms with van der Waals surface area (Å²) >= 11 is 0. The summed E-state index contributed by atoms with van der Waals surface area (Å²) in [6, 6.07) is 2.11. The first kappa shape index (κ1) is 12.5. The molecule has 0 aliphatic carbocycles. The van der Waals surface area contributed by atoms with E-state index < -0.39 is 17.6 Å². The highest BCUT2D eigenvalue weighted by Gasteiger charge is 2.08. The molecule has 0 saturated heterocycles. The number of nitrogens with zero attached hydrogens (tertiary/aromatic N) is 1. The quantitative estimate of drug-likeness (QED) is 0.806. The van der Waals surface area contributed by atoms with Gasteiger partial charge in [0.15, 0.2) is 11.6 Å². The van der Waals surface area contributed by atoms with Crippen molar-refractivity contribution >= 4 is 17.0 Å². The SMILES string of the molecule is O=C(O)CCCCc1nc2cc(F)c(F)cc2[nH]1. The van der Waals surface area contributed by atoms with Gasteiger partial charge in [0.05, 0.1) is 11.0 Å². The van der Waals surface area contributed by atoms with E-state index >= 15 is 0 Å². The maximum atomic E-state index is 13.0. The third-order valence-electron chi connectivity index (χ3n) is 2.63. The molecule has 2 aromatic rings. The van der Waals surface area contributed by atoms with Crippen molar-refractivity contribution in [3.63, 3.8) is 0 Å². The number of aromatic nitrogens is 2. The van der Waals surface area contributed by atoms with Gasteiger partial charge in [-0.2, -0.15) is 0 Å². The van der Waals surface area contributed by atoms with Crippen LogP contribution in [0.25, 0.3) is 11.0 Å². The summed E-state index contributed by atoms with van der Waals surface area (Å²) < 4.78 is 25.9. The molecule has 1 aromatic carbocycles. The summed E-state index contributed by atoms with van der Waals surface area (Å²) in [6.45, 7) is 0. The Bertz CT molecular complexity index is 542. The fraction of sp³-hybridized carbons (Fsp3) is 0.333. The van der Waals surface area contributed by atoms with Gasteiger partial charge in [-0.25, -0.2) is 13.8 Å². The number of hydrogen-bond donors (Lipinski definition) is 2. The Labute approximate surface area is 102 Å². The van der Waals surface area contributed by atoms with Gasteiger partial charge in [0.2, 0.25) is 0 Å². The van der Waals surface area contributed by atoms with Crippen LogP contribution in [-0.4, -0.2) is 21.0 Å². The number of unbranched alkanes of at least 4 members (excludes halogenated alkanes) is 1. The van der Waals surface area contributed by atoms with Crippen molar-refractivity contribution in [2.75, 3.05) is 0 Å². The number of aliphatic carboxylic acids is 1. The molecule has 1 aromatic heterocycles. The fourth-order valence-corrected chi connectivity index (χ4v) is 1.74. The average Bonchev–Trinajstić information content (AvgIpc) is 2.67. The van der Waals surface area contributed by atoms with Crippen LogP contribution in [0.1, 0.15) is 25.1 Å². The van der Waals surface area contributed by atoms with Gasteiger partial charge >= 0.3 is 5.97 Å². The summed E-state index contributed by atoms with van der Waals surface area (Å²) in [4.78, 5) is 17.3. The molecule has 96 valence electrons. The van der Waals surface area contributed by atoms with E-state index in [2.05, 4.69) is 9.97 Å². The molecule has 0 aliphatic heterocycles. The highest BCUT2D eigenvalue weighted by Crippen LogP contribution is 2.17. The number of nitrogens with one attached hydrogen (secondary N) is 1. The molecule has 0 unspecified atom stereocenters. The summed E-state index contributed by atoms with van der Waals surface area (Å²) in [7, 11) is 0. The van der Waals surface area contributed by atoms with Gasteiger partial charge in [-0.1, -0.05) is 0 Å². The maximum Gasteiger partial charge on any atom is 0.303 e. The molecule has 0 amide bonds. The predicted molar refractivity (Wildman–Crippen MR) is 61.2 cm³/mol. The monoisotopic (exact) mass is 254 g/mol. The highest BCUT2D eigenvalue weighted by atomic mass is 19.2. The van der Waals surface area contributed by atoms with Gasteiger partial charge in [0.25, 0.3) is 0 Å². The molecule has 4 nitrogen and oxygen atoms in total. The van der Waals surface area contributed by atoms with Crippen molar-refractivity contribution in [1.82, 2.24) is 9.97 Å². The fourth-order valence-electron chi connectivity index (χ4n) is 1.74. The van der Waals surface area contributed by atoms with E-state index in [0.717, 1.165) is 12.1 Å². The summed E-state index contributed by atoms with van der Waals surface area (Å²) in [5.74, 6) is -2.06. The standard InChI is InChI=1S/C12H12F2N2O2/c13-7-5-9-10(6-8(7)14)16-11(15-9)3-1-2-4-12(17)18/h5-6H,1-4H2,(H,15,16)(H,17,18). The first-order chi connectivity index (χ1) is 8.56. The van der Waals surface area contributed by atoms with Crippen LogP contribution in [0.4, 0.5) is 8.78 Å². The molecule has 0 saturated carbocycles. The Morgan fingerprint density at radius 3 is 2.72 bits per heavy atom. The molecule has 6 heteroatoms. The van der Waals surface area contributed by atoms with Gasteiger partial charge in [-0.05, 0) is 12.8 Å². The zero-order valence-corrected chi connectivity index (χ0v) is 9.54. The minimum Gasteiger partial charge on any atom is -0.481 e. The zero-order chi connectivity index (χ0) is 13.1. The molecule has 18 heavy (non-hydrogen) atoms. The summed E-state index contributed by atoms with van der Waals surface area (Å²) in [5, 5.41) is 8.48. The Morgan fingerprint density at radius 2 is 2.00 bits per heavy atom. The number of rotatable bonds is 5. The second-order valence-electron chi connectivity index (χ2n) is 4.07.